The number of hydrogen-bond acceptors (Lipinski definition) is 5. The van der Waals surface area contributed by atoms with E-state index < -0.39 is 0 Å². The van der Waals surface area contributed by atoms with Crippen molar-refractivity contribution in [2.75, 3.05) is 33.4 Å². The molecule has 110 valence electrons. The van der Waals surface area contributed by atoms with Gasteiger partial charge >= 0.3 is 6.09 Å². The van der Waals surface area contributed by atoms with Gasteiger partial charge in [-0.15, -0.1) is 0 Å². The highest BCUT2D eigenvalue weighted by Gasteiger charge is 2.33. The fourth-order valence-electron chi connectivity index (χ4n) is 2.84. The van der Waals surface area contributed by atoms with Crippen LogP contribution in [0.3, 0.4) is 0 Å². The summed E-state index contributed by atoms with van der Waals surface area (Å²) in [6, 6.07) is -0.0781. The topological polar surface area (TPSA) is 76.8 Å². The van der Waals surface area contributed by atoms with Crippen LogP contribution in [0.2, 0.25) is 0 Å². The number of carbonyl (C=O) groups excluding carboxylic acids is 1. The summed E-state index contributed by atoms with van der Waals surface area (Å²) < 4.78 is 10.8. The normalized spacial score (nSPS) is 29.3. The van der Waals surface area contributed by atoms with Gasteiger partial charge in [0.25, 0.3) is 0 Å². The first-order chi connectivity index (χ1) is 9.22. The average Bonchev–Trinajstić information content (AvgIpc) is 2.46. The van der Waals surface area contributed by atoms with Crippen molar-refractivity contribution in [3.05, 3.63) is 0 Å². The highest BCUT2D eigenvalue weighted by Crippen LogP contribution is 2.19. The lowest BCUT2D eigenvalue weighted by molar-refractivity contribution is -0.0184. The van der Waals surface area contributed by atoms with E-state index in [1.807, 2.05) is 0 Å². The van der Waals surface area contributed by atoms with E-state index in [9.17, 15) is 4.79 Å². The average molecular weight is 271 g/mol. The van der Waals surface area contributed by atoms with Gasteiger partial charge in [0, 0.05) is 12.6 Å². The minimum absolute atomic E-state index is 0.0189. The molecule has 2 heterocycles. The van der Waals surface area contributed by atoms with Gasteiger partial charge in [-0.25, -0.2) is 4.79 Å². The zero-order valence-corrected chi connectivity index (χ0v) is 11.6. The molecular formula is C13H25N3O3. The first-order valence-electron chi connectivity index (χ1n) is 7.15. The third-order valence-corrected chi connectivity index (χ3v) is 4.03. The zero-order chi connectivity index (χ0) is 13.7. The van der Waals surface area contributed by atoms with Crippen LogP contribution < -0.4 is 11.1 Å². The molecule has 2 fully saturated rings. The summed E-state index contributed by atoms with van der Waals surface area (Å²) in [7, 11) is 1.41. The van der Waals surface area contributed by atoms with Crippen LogP contribution in [0.25, 0.3) is 0 Å². The first-order valence-corrected chi connectivity index (χ1v) is 7.15. The van der Waals surface area contributed by atoms with Gasteiger partial charge in [-0.2, -0.15) is 0 Å². The SMILES string of the molecule is COC(=O)N1CCCC(N)[C@@H]1COC1CCNCC1. The molecule has 2 rings (SSSR count). The van der Waals surface area contributed by atoms with Gasteiger partial charge in [0.1, 0.15) is 0 Å². The molecule has 0 saturated carbocycles. The Bertz CT molecular complexity index is 295. The number of nitrogens with zero attached hydrogens (tertiary/aromatic N) is 1. The number of ether oxygens (including phenoxy) is 2. The number of methoxy groups -OCH3 is 1. The van der Waals surface area contributed by atoms with E-state index in [2.05, 4.69) is 5.32 Å². The van der Waals surface area contributed by atoms with Crippen LogP contribution in [0.4, 0.5) is 4.79 Å². The molecule has 6 nitrogen and oxygen atoms in total. The standard InChI is InChI=1S/C13H25N3O3/c1-18-13(17)16-8-2-3-11(14)12(16)9-19-10-4-6-15-7-5-10/h10-12,15H,2-9,14H2,1H3/t11?,12-/m0/s1. The summed E-state index contributed by atoms with van der Waals surface area (Å²) in [4.78, 5) is 13.5. The molecular weight excluding hydrogens is 246 g/mol. The van der Waals surface area contributed by atoms with E-state index in [1.54, 1.807) is 4.90 Å². The molecule has 0 aromatic rings. The second-order valence-corrected chi connectivity index (χ2v) is 5.32. The van der Waals surface area contributed by atoms with E-state index in [0.717, 1.165) is 38.8 Å². The Labute approximate surface area is 114 Å². The molecule has 0 aromatic carbocycles. The molecule has 3 N–H and O–H groups in total. The quantitative estimate of drug-likeness (QED) is 0.772. The van der Waals surface area contributed by atoms with E-state index in [-0.39, 0.29) is 24.3 Å². The van der Waals surface area contributed by atoms with Gasteiger partial charge in [-0.05, 0) is 38.8 Å². The van der Waals surface area contributed by atoms with Crippen molar-refractivity contribution >= 4 is 6.09 Å². The molecule has 2 saturated heterocycles. The summed E-state index contributed by atoms with van der Waals surface area (Å²) in [6.07, 6.45) is 3.91. The summed E-state index contributed by atoms with van der Waals surface area (Å²) in [5.41, 5.74) is 6.14. The molecule has 1 amide bonds. The lowest BCUT2D eigenvalue weighted by Gasteiger charge is -2.39. The number of rotatable bonds is 3. The summed E-state index contributed by atoms with van der Waals surface area (Å²) >= 11 is 0. The predicted molar refractivity (Wildman–Crippen MR) is 72.0 cm³/mol. The maximum Gasteiger partial charge on any atom is 0.409 e. The van der Waals surface area contributed by atoms with Crippen molar-refractivity contribution in [1.29, 1.82) is 0 Å². The van der Waals surface area contributed by atoms with Crippen LogP contribution >= 0.6 is 0 Å². The van der Waals surface area contributed by atoms with Crippen molar-refractivity contribution in [2.24, 2.45) is 5.73 Å². The Balaban J connectivity index is 1.87. The first kappa shape index (κ1) is 14.6. The maximum atomic E-state index is 11.8. The van der Waals surface area contributed by atoms with Crippen molar-refractivity contribution < 1.29 is 14.3 Å². The highest BCUT2D eigenvalue weighted by molar-refractivity contribution is 5.68. The van der Waals surface area contributed by atoms with Crippen molar-refractivity contribution in [3.63, 3.8) is 0 Å². The predicted octanol–water partition coefficient (Wildman–Crippen LogP) is 0.313. The minimum Gasteiger partial charge on any atom is -0.453 e. The zero-order valence-electron chi connectivity index (χ0n) is 11.6. The van der Waals surface area contributed by atoms with Crippen LogP contribution in [-0.4, -0.2) is 62.5 Å². The summed E-state index contributed by atoms with van der Waals surface area (Å²) in [5, 5.41) is 3.31. The Hall–Kier alpha value is -0.850. The molecule has 0 aliphatic carbocycles. The molecule has 0 radical (unpaired) electrons. The highest BCUT2D eigenvalue weighted by atomic mass is 16.5. The Morgan fingerprint density at radius 2 is 2.11 bits per heavy atom. The van der Waals surface area contributed by atoms with Crippen molar-refractivity contribution in [2.45, 2.75) is 43.9 Å². The van der Waals surface area contributed by atoms with Crippen LogP contribution in [0.15, 0.2) is 0 Å². The van der Waals surface area contributed by atoms with E-state index in [4.69, 9.17) is 15.2 Å². The van der Waals surface area contributed by atoms with Crippen LogP contribution in [0.1, 0.15) is 25.7 Å². The fourth-order valence-corrected chi connectivity index (χ4v) is 2.84. The number of nitrogens with two attached hydrogens (primary N) is 1. The van der Waals surface area contributed by atoms with Gasteiger partial charge in [0.15, 0.2) is 0 Å². The molecule has 19 heavy (non-hydrogen) atoms. The van der Waals surface area contributed by atoms with Crippen LogP contribution in [-0.2, 0) is 9.47 Å². The van der Waals surface area contributed by atoms with E-state index in [0.29, 0.717) is 13.2 Å². The van der Waals surface area contributed by atoms with Crippen molar-refractivity contribution in [1.82, 2.24) is 10.2 Å². The van der Waals surface area contributed by atoms with Gasteiger partial charge in [0.2, 0.25) is 0 Å². The van der Waals surface area contributed by atoms with Gasteiger partial charge in [-0.3, -0.25) is 0 Å². The Morgan fingerprint density at radius 1 is 1.37 bits per heavy atom. The fraction of sp³-hybridized carbons (Fsp3) is 0.923. The van der Waals surface area contributed by atoms with Gasteiger partial charge < -0.3 is 25.4 Å². The van der Waals surface area contributed by atoms with Crippen molar-refractivity contribution in [3.8, 4) is 0 Å². The number of likely N-dealkylation sites (tertiary alicyclic amines) is 1. The molecule has 0 spiro atoms. The molecule has 0 aromatic heterocycles. The second kappa shape index (κ2) is 7.07. The number of amides is 1. The third kappa shape index (κ3) is 3.81. The number of piperidine rings is 2. The summed E-state index contributed by atoms with van der Waals surface area (Å²) in [5.74, 6) is 0. The molecule has 2 aliphatic rings. The van der Waals surface area contributed by atoms with E-state index >= 15 is 0 Å². The Kier molecular flexibility index (Phi) is 5.42. The van der Waals surface area contributed by atoms with Gasteiger partial charge in [-0.1, -0.05) is 0 Å². The molecule has 0 bridgehead atoms. The Morgan fingerprint density at radius 3 is 2.79 bits per heavy atom. The summed E-state index contributed by atoms with van der Waals surface area (Å²) in [6.45, 7) is 3.23. The largest absolute Gasteiger partial charge is 0.453 e. The van der Waals surface area contributed by atoms with Crippen LogP contribution in [0, 0.1) is 0 Å². The number of nitrogens with one attached hydrogen (secondary N) is 1. The van der Waals surface area contributed by atoms with Gasteiger partial charge in [0.05, 0.1) is 25.9 Å². The lowest BCUT2D eigenvalue weighted by Crippen LogP contribution is -2.56. The molecule has 6 heteroatoms. The number of hydrogen-bond donors (Lipinski definition) is 2. The van der Waals surface area contributed by atoms with Crippen LogP contribution in [0.5, 0.6) is 0 Å². The third-order valence-electron chi connectivity index (χ3n) is 4.03. The molecule has 1 unspecified atom stereocenters. The monoisotopic (exact) mass is 271 g/mol. The maximum absolute atomic E-state index is 11.8. The minimum atomic E-state index is -0.297. The smallest absolute Gasteiger partial charge is 0.409 e. The molecule has 2 aliphatic heterocycles. The lowest BCUT2D eigenvalue weighted by atomic mass is 9.98. The second-order valence-electron chi connectivity index (χ2n) is 5.32. The molecule has 2 atom stereocenters. The number of carbonyl (C=O) groups is 1. The van der Waals surface area contributed by atoms with E-state index in [1.165, 1.54) is 7.11 Å².